The van der Waals surface area contributed by atoms with Crippen molar-refractivity contribution in [2.75, 3.05) is 6.54 Å². The molecule has 0 bridgehead atoms. The van der Waals surface area contributed by atoms with Crippen LogP contribution >= 0.6 is 23.2 Å². The molecule has 1 unspecified atom stereocenters. The minimum Gasteiger partial charge on any atom is -0.370 e. The van der Waals surface area contributed by atoms with Crippen molar-refractivity contribution in [3.05, 3.63) is 93.0 Å². The minimum absolute atomic E-state index is 0.179. The zero-order chi connectivity index (χ0) is 21.1. The molecule has 3 nitrogen and oxygen atoms in total. The number of fused-ring (bicyclic) bond motifs is 1. The number of rotatable bonds is 3. The van der Waals surface area contributed by atoms with Gasteiger partial charge in [-0.05, 0) is 77.8 Å². The van der Waals surface area contributed by atoms with Crippen LogP contribution < -0.4 is 11.1 Å². The average molecular weight is 438 g/mol. The van der Waals surface area contributed by atoms with Gasteiger partial charge in [0, 0.05) is 22.6 Å². The molecule has 154 valence electrons. The van der Waals surface area contributed by atoms with Crippen LogP contribution in [0.25, 0.3) is 11.1 Å². The fraction of sp³-hybridized carbons (Fsp3) is 0.240. The van der Waals surface area contributed by atoms with Gasteiger partial charge in [-0.2, -0.15) is 0 Å². The lowest BCUT2D eigenvalue weighted by Crippen LogP contribution is -2.42. The first-order valence-corrected chi connectivity index (χ1v) is 10.9. The third-order valence-electron chi connectivity index (χ3n) is 5.60. The van der Waals surface area contributed by atoms with Crippen molar-refractivity contribution >= 4 is 29.2 Å². The van der Waals surface area contributed by atoms with Crippen molar-refractivity contribution in [1.29, 1.82) is 0 Å². The van der Waals surface area contributed by atoms with E-state index in [1.807, 2.05) is 12.1 Å². The summed E-state index contributed by atoms with van der Waals surface area (Å²) < 4.78 is 0. The molecule has 0 saturated carbocycles. The Bertz CT molecular complexity index is 1070. The van der Waals surface area contributed by atoms with Crippen LogP contribution in [0.4, 0.5) is 0 Å². The lowest BCUT2D eigenvalue weighted by atomic mass is 9.92. The lowest BCUT2D eigenvalue weighted by molar-refractivity contribution is 0.595. The Labute approximate surface area is 187 Å². The minimum atomic E-state index is 0.179. The van der Waals surface area contributed by atoms with E-state index in [0.29, 0.717) is 22.5 Å². The highest BCUT2D eigenvalue weighted by atomic mass is 35.5. The van der Waals surface area contributed by atoms with Crippen molar-refractivity contribution in [3.63, 3.8) is 0 Å². The molecule has 0 amide bonds. The van der Waals surface area contributed by atoms with Gasteiger partial charge in [0.1, 0.15) is 0 Å². The van der Waals surface area contributed by atoms with E-state index in [4.69, 9.17) is 28.9 Å². The van der Waals surface area contributed by atoms with E-state index >= 15 is 0 Å². The van der Waals surface area contributed by atoms with E-state index in [1.165, 1.54) is 22.3 Å². The molecule has 0 saturated heterocycles. The van der Waals surface area contributed by atoms with Crippen molar-refractivity contribution in [2.45, 2.75) is 32.2 Å². The van der Waals surface area contributed by atoms with Gasteiger partial charge in [-0.25, -0.2) is 0 Å². The molecule has 0 fully saturated rings. The van der Waals surface area contributed by atoms with Gasteiger partial charge in [0.2, 0.25) is 0 Å². The molecule has 3 aromatic rings. The Balaban J connectivity index is 1.59. The zero-order valence-corrected chi connectivity index (χ0v) is 18.5. The second-order valence-corrected chi connectivity index (χ2v) is 8.71. The molecule has 1 heterocycles. The van der Waals surface area contributed by atoms with Crippen LogP contribution in [0, 0.1) is 6.92 Å². The number of hydrogen-bond donors (Lipinski definition) is 2. The normalized spacial score (nSPS) is 18.2. The van der Waals surface area contributed by atoms with Crippen LogP contribution in [0.15, 0.2) is 65.7 Å². The molecule has 3 N–H and O–H groups in total. The van der Waals surface area contributed by atoms with Crippen molar-refractivity contribution in [2.24, 2.45) is 10.7 Å². The van der Waals surface area contributed by atoms with E-state index in [9.17, 15) is 0 Å². The van der Waals surface area contributed by atoms with E-state index in [0.717, 1.165) is 30.4 Å². The Kier molecular flexibility index (Phi) is 6.31. The number of guanidine groups is 1. The fourth-order valence-electron chi connectivity index (χ4n) is 4.08. The fourth-order valence-corrected chi connectivity index (χ4v) is 4.61. The summed E-state index contributed by atoms with van der Waals surface area (Å²) in [5.41, 5.74) is 13.5. The number of hydrogen-bond acceptors (Lipinski definition) is 3. The van der Waals surface area contributed by atoms with Crippen molar-refractivity contribution in [3.8, 4) is 11.1 Å². The summed E-state index contributed by atoms with van der Waals surface area (Å²) in [4.78, 5) is 4.49. The Morgan fingerprint density at radius 1 is 0.967 bits per heavy atom. The van der Waals surface area contributed by atoms with Gasteiger partial charge >= 0.3 is 0 Å². The predicted octanol–water partition coefficient (Wildman–Crippen LogP) is 5.58. The summed E-state index contributed by atoms with van der Waals surface area (Å²) in [5, 5.41) is 4.71. The molecule has 1 aliphatic rings. The first kappa shape index (κ1) is 20.8. The van der Waals surface area contributed by atoms with Crippen LogP contribution in [-0.4, -0.2) is 18.5 Å². The second kappa shape index (κ2) is 9.11. The number of nitrogens with one attached hydrogen (secondary N) is 1. The van der Waals surface area contributed by atoms with Crippen LogP contribution in [0.2, 0.25) is 10.0 Å². The third kappa shape index (κ3) is 4.97. The standard InChI is InChI=1S/C25H25Cl2N3/c1-16-10-20(21-11-22(26)15-23(27)12-21)7-6-18(16)13-24-14-19-5-3-2-4-17(19)8-9-29-25(28)30-24/h2-7,10-12,15,24H,8-9,13-14H2,1H3,(H3,28,29,30). The SMILES string of the molecule is Cc1cc(-c2cc(Cl)cc(Cl)c2)ccc1CC1Cc2ccccc2CC/N=C(/N)N1. The molecular weight excluding hydrogens is 413 g/mol. The topological polar surface area (TPSA) is 50.4 Å². The molecule has 0 radical (unpaired) electrons. The average Bonchev–Trinajstić information content (AvgIpc) is 2.77. The maximum atomic E-state index is 6.18. The molecule has 0 spiro atoms. The van der Waals surface area contributed by atoms with E-state index < -0.39 is 0 Å². The molecular formula is C25H25Cl2N3. The summed E-state index contributed by atoms with van der Waals surface area (Å²) >= 11 is 12.4. The number of nitrogens with zero attached hydrogens (tertiary/aromatic N) is 1. The lowest BCUT2D eigenvalue weighted by Gasteiger charge is -2.21. The maximum Gasteiger partial charge on any atom is 0.188 e. The molecule has 1 atom stereocenters. The second-order valence-electron chi connectivity index (χ2n) is 7.83. The monoisotopic (exact) mass is 437 g/mol. The van der Waals surface area contributed by atoms with Crippen LogP contribution in [0.3, 0.4) is 0 Å². The van der Waals surface area contributed by atoms with E-state index in [1.54, 1.807) is 6.07 Å². The molecule has 30 heavy (non-hydrogen) atoms. The Morgan fingerprint density at radius 2 is 1.70 bits per heavy atom. The zero-order valence-electron chi connectivity index (χ0n) is 17.0. The van der Waals surface area contributed by atoms with Crippen LogP contribution in [0.1, 0.15) is 22.3 Å². The summed E-state index contributed by atoms with van der Waals surface area (Å²) in [7, 11) is 0. The van der Waals surface area contributed by atoms with E-state index in [2.05, 4.69) is 59.7 Å². The first-order valence-electron chi connectivity index (χ1n) is 10.2. The van der Waals surface area contributed by atoms with Gasteiger partial charge in [-0.3, -0.25) is 4.99 Å². The predicted molar refractivity (Wildman–Crippen MR) is 128 cm³/mol. The van der Waals surface area contributed by atoms with Crippen molar-refractivity contribution < 1.29 is 0 Å². The summed E-state index contributed by atoms with van der Waals surface area (Å²) in [5.74, 6) is 0.524. The number of halogens is 2. The molecule has 0 aromatic heterocycles. The highest BCUT2D eigenvalue weighted by Gasteiger charge is 2.17. The Hall–Kier alpha value is -2.49. The third-order valence-corrected chi connectivity index (χ3v) is 6.04. The smallest absolute Gasteiger partial charge is 0.188 e. The van der Waals surface area contributed by atoms with Gasteiger partial charge in [-0.1, -0.05) is 65.7 Å². The van der Waals surface area contributed by atoms with Gasteiger partial charge in [-0.15, -0.1) is 0 Å². The van der Waals surface area contributed by atoms with Gasteiger partial charge < -0.3 is 11.1 Å². The number of benzene rings is 3. The van der Waals surface area contributed by atoms with Crippen LogP contribution in [-0.2, 0) is 19.3 Å². The number of nitrogens with two attached hydrogens (primary N) is 1. The summed E-state index contributed by atoms with van der Waals surface area (Å²) in [6, 6.07) is 20.9. The summed E-state index contributed by atoms with van der Waals surface area (Å²) in [6.07, 6.45) is 2.70. The molecule has 3 aromatic carbocycles. The molecule has 4 rings (SSSR count). The Morgan fingerprint density at radius 3 is 2.43 bits per heavy atom. The maximum absolute atomic E-state index is 6.18. The number of aliphatic imine (C=N–C) groups is 1. The van der Waals surface area contributed by atoms with Gasteiger partial charge in [0.25, 0.3) is 0 Å². The number of aryl methyl sites for hydroxylation is 1. The van der Waals surface area contributed by atoms with Gasteiger partial charge in [0.15, 0.2) is 5.96 Å². The van der Waals surface area contributed by atoms with E-state index in [-0.39, 0.29) is 6.04 Å². The quantitative estimate of drug-likeness (QED) is 0.561. The highest BCUT2D eigenvalue weighted by Crippen LogP contribution is 2.29. The van der Waals surface area contributed by atoms with Gasteiger partial charge in [0.05, 0.1) is 0 Å². The first-order chi connectivity index (χ1) is 14.5. The molecule has 0 aliphatic carbocycles. The van der Waals surface area contributed by atoms with Crippen molar-refractivity contribution in [1.82, 2.24) is 5.32 Å². The van der Waals surface area contributed by atoms with Crippen LogP contribution in [0.5, 0.6) is 0 Å². The molecule has 1 aliphatic heterocycles. The highest BCUT2D eigenvalue weighted by molar-refractivity contribution is 6.35. The summed E-state index contributed by atoms with van der Waals surface area (Å²) in [6.45, 7) is 2.85. The molecule has 5 heteroatoms. The largest absolute Gasteiger partial charge is 0.370 e.